The molecule has 3 aromatic heterocycles. The van der Waals surface area contributed by atoms with Gasteiger partial charge < -0.3 is 14.3 Å². The second-order valence-corrected chi connectivity index (χ2v) is 6.60. The van der Waals surface area contributed by atoms with Crippen LogP contribution < -0.4 is 9.80 Å². The zero-order valence-electron chi connectivity index (χ0n) is 14.7. The van der Waals surface area contributed by atoms with Crippen molar-refractivity contribution in [3.63, 3.8) is 0 Å². The Balaban J connectivity index is 1.60. The maximum Gasteiger partial charge on any atom is 0.453 e. The molecule has 27 heavy (non-hydrogen) atoms. The van der Waals surface area contributed by atoms with Gasteiger partial charge in [0, 0.05) is 27.2 Å². The van der Waals surface area contributed by atoms with E-state index in [0.29, 0.717) is 30.7 Å². The van der Waals surface area contributed by atoms with Gasteiger partial charge in [-0.2, -0.15) is 22.7 Å². The highest BCUT2D eigenvalue weighted by Gasteiger charge is 2.38. The number of hydrogen-bond acceptors (Lipinski definition) is 8. The van der Waals surface area contributed by atoms with Gasteiger partial charge in [-0.1, -0.05) is 0 Å². The van der Waals surface area contributed by atoms with E-state index >= 15 is 0 Å². The van der Waals surface area contributed by atoms with E-state index < -0.39 is 12.0 Å². The van der Waals surface area contributed by atoms with Crippen LogP contribution in [0.5, 0.6) is 0 Å². The van der Waals surface area contributed by atoms with Crippen LogP contribution in [0.2, 0.25) is 0 Å². The zero-order chi connectivity index (χ0) is 19.2. The molecule has 4 rings (SSSR count). The summed E-state index contributed by atoms with van der Waals surface area (Å²) < 4.78 is 45.3. The van der Waals surface area contributed by atoms with Crippen molar-refractivity contribution >= 4 is 17.4 Å². The summed E-state index contributed by atoms with van der Waals surface area (Å²) in [6, 6.07) is 3.12. The number of rotatable bonds is 3. The third-order valence-electron chi connectivity index (χ3n) is 4.43. The lowest BCUT2D eigenvalue weighted by Gasteiger charge is -2.31. The number of aromatic nitrogens is 6. The molecule has 0 bridgehead atoms. The minimum Gasteiger partial charge on any atom is -0.354 e. The van der Waals surface area contributed by atoms with Gasteiger partial charge in [0.1, 0.15) is 5.82 Å². The molecule has 1 fully saturated rings. The first kappa shape index (κ1) is 17.5. The zero-order valence-corrected chi connectivity index (χ0v) is 14.7. The van der Waals surface area contributed by atoms with Crippen molar-refractivity contribution in [2.75, 3.05) is 37.0 Å². The van der Waals surface area contributed by atoms with Crippen LogP contribution >= 0.6 is 0 Å². The topological polar surface area (TPSA) is 88.5 Å². The fourth-order valence-electron chi connectivity index (χ4n) is 3.09. The van der Waals surface area contributed by atoms with Crippen LogP contribution in [-0.4, -0.2) is 57.1 Å². The molecule has 1 atom stereocenters. The van der Waals surface area contributed by atoms with E-state index in [1.165, 1.54) is 6.07 Å². The van der Waals surface area contributed by atoms with Crippen molar-refractivity contribution in [2.24, 2.45) is 0 Å². The van der Waals surface area contributed by atoms with E-state index in [1.807, 2.05) is 19.0 Å². The summed E-state index contributed by atoms with van der Waals surface area (Å²) in [5, 5.41) is 14.8. The number of piperidine rings is 1. The standard InChI is InChI=1S/C15H17F3N8O/c1-24(2)14-19-12(27-23-14)9-4-3-7-25(8-9)11-6-5-10-20-21-13(15(16,17)18)26(10)22-11/h5-6,9H,3-4,7-8H2,1-2H3. The van der Waals surface area contributed by atoms with Crippen molar-refractivity contribution in [3.8, 4) is 0 Å². The predicted octanol–water partition coefficient (Wildman–Crippen LogP) is 1.98. The van der Waals surface area contributed by atoms with Gasteiger partial charge in [-0.05, 0) is 30.1 Å². The Labute approximate surface area is 151 Å². The lowest BCUT2D eigenvalue weighted by atomic mass is 9.98. The summed E-state index contributed by atoms with van der Waals surface area (Å²) in [4.78, 5) is 8.03. The molecule has 0 amide bonds. The normalized spacial score (nSPS) is 18.3. The Hall–Kier alpha value is -2.92. The minimum atomic E-state index is -4.62. The molecular weight excluding hydrogens is 365 g/mol. The van der Waals surface area contributed by atoms with Crippen LogP contribution in [0.15, 0.2) is 16.7 Å². The summed E-state index contributed by atoms with van der Waals surface area (Å²) >= 11 is 0. The summed E-state index contributed by atoms with van der Waals surface area (Å²) in [7, 11) is 3.64. The fourth-order valence-corrected chi connectivity index (χ4v) is 3.09. The summed E-state index contributed by atoms with van der Waals surface area (Å²) in [5.41, 5.74) is 0.0483. The molecule has 12 heteroatoms. The van der Waals surface area contributed by atoms with Crippen molar-refractivity contribution in [3.05, 3.63) is 23.8 Å². The van der Waals surface area contributed by atoms with E-state index in [9.17, 15) is 13.2 Å². The molecule has 9 nitrogen and oxygen atoms in total. The molecule has 1 saturated heterocycles. The van der Waals surface area contributed by atoms with Crippen molar-refractivity contribution in [1.29, 1.82) is 0 Å². The SMILES string of the molecule is CN(C)c1noc(C2CCCN(c3ccc4nnc(C(F)(F)F)n4n3)C2)n1. The molecule has 0 spiro atoms. The fraction of sp³-hybridized carbons (Fsp3) is 0.533. The third kappa shape index (κ3) is 3.26. The first-order valence-electron chi connectivity index (χ1n) is 8.38. The quantitative estimate of drug-likeness (QED) is 0.679. The molecule has 4 heterocycles. The molecule has 3 aromatic rings. The van der Waals surface area contributed by atoms with E-state index in [2.05, 4.69) is 25.4 Å². The molecular formula is C15H17F3N8O. The van der Waals surface area contributed by atoms with Crippen LogP contribution in [0.1, 0.15) is 30.5 Å². The highest BCUT2D eigenvalue weighted by atomic mass is 19.4. The molecule has 0 aliphatic carbocycles. The molecule has 0 radical (unpaired) electrons. The Bertz CT molecular complexity index is 950. The number of halogens is 3. The number of hydrogen-bond donors (Lipinski definition) is 0. The average molecular weight is 382 g/mol. The highest BCUT2D eigenvalue weighted by molar-refractivity contribution is 5.46. The van der Waals surface area contributed by atoms with Gasteiger partial charge in [-0.25, -0.2) is 0 Å². The third-order valence-corrected chi connectivity index (χ3v) is 4.43. The lowest BCUT2D eigenvalue weighted by Crippen LogP contribution is -2.35. The van der Waals surface area contributed by atoms with Gasteiger partial charge in [0.15, 0.2) is 5.65 Å². The molecule has 1 aliphatic rings. The van der Waals surface area contributed by atoms with Crippen molar-refractivity contribution < 1.29 is 17.7 Å². The van der Waals surface area contributed by atoms with E-state index in [-0.39, 0.29) is 11.6 Å². The van der Waals surface area contributed by atoms with Crippen LogP contribution in [0.25, 0.3) is 5.65 Å². The van der Waals surface area contributed by atoms with Crippen LogP contribution in [0.3, 0.4) is 0 Å². The Morgan fingerprint density at radius 3 is 2.74 bits per heavy atom. The minimum absolute atomic E-state index is 0.0135. The van der Waals surface area contributed by atoms with Gasteiger partial charge in [0.2, 0.25) is 5.89 Å². The number of anilines is 2. The molecule has 0 saturated carbocycles. The molecule has 1 unspecified atom stereocenters. The van der Waals surface area contributed by atoms with E-state index in [0.717, 1.165) is 17.4 Å². The van der Waals surface area contributed by atoms with Gasteiger partial charge in [0.05, 0.1) is 5.92 Å². The van der Waals surface area contributed by atoms with Crippen LogP contribution in [0, 0.1) is 0 Å². The molecule has 1 aliphatic heterocycles. The van der Waals surface area contributed by atoms with Gasteiger partial charge in [-0.3, -0.25) is 0 Å². The monoisotopic (exact) mass is 382 g/mol. The summed E-state index contributed by atoms with van der Waals surface area (Å²) in [6.07, 6.45) is -2.94. The average Bonchev–Trinajstić information content (AvgIpc) is 3.28. The summed E-state index contributed by atoms with van der Waals surface area (Å²) in [6.45, 7) is 1.20. The van der Waals surface area contributed by atoms with Crippen LogP contribution in [-0.2, 0) is 6.18 Å². The Kier molecular flexibility index (Phi) is 4.12. The first-order chi connectivity index (χ1) is 12.8. The van der Waals surface area contributed by atoms with Gasteiger partial charge in [-0.15, -0.1) is 15.3 Å². The number of nitrogens with zero attached hydrogens (tertiary/aromatic N) is 8. The molecule has 0 N–H and O–H groups in total. The van der Waals surface area contributed by atoms with E-state index in [1.54, 1.807) is 11.0 Å². The summed E-state index contributed by atoms with van der Waals surface area (Å²) in [5.74, 6) is 0.275. The Morgan fingerprint density at radius 1 is 1.22 bits per heavy atom. The largest absolute Gasteiger partial charge is 0.453 e. The number of alkyl halides is 3. The highest BCUT2D eigenvalue weighted by Crippen LogP contribution is 2.31. The van der Waals surface area contributed by atoms with Crippen molar-refractivity contribution in [1.82, 2.24) is 30.0 Å². The number of fused-ring (bicyclic) bond motifs is 1. The lowest BCUT2D eigenvalue weighted by molar-refractivity contribution is -0.146. The second kappa shape index (κ2) is 6.35. The first-order valence-corrected chi connectivity index (χ1v) is 8.38. The van der Waals surface area contributed by atoms with Gasteiger partial charge in [0.25, 0.3) is 11.8 Å². The smallest absolute Gasteiger partial charge is 0.354 e. The Morgan fingerprint density at radius 2 is 2.04 bits per heavy atom. The second-order valence-electron chi connectivity index (χ2n) is 6.60. The predicted molar refractivity (Wildman–Crippen MR) is 88.6 cm³/mol. The van der Waals surface area contributed by atoms with Crippen molar-refractivity contribution in [2.45, 2.75) is 24.9 Å². The molecule has 144 valence electrons. The van der Waals surface area contributed by atoms with Gasteiger partial charge >= 0.3 is 6.18 Å². The maximum atomic E-state index is 13.1. The van der Waals surface area contributed by atoms with E-state index in [4.69, 9.17) is 4.52 Å². The maximum absolute atomic E-state index is 13.1. The van der Waals surface area contributed by atoms with Crippen LogP contribution in [0.4, 0.5) is 24.9 Å². The molecule has 0 aromatic carbocycles.